The second-order valence-electron chi connectivity index (χ2n) is 5.11. The predicted molar refractivity (Wildman–Crippen MR) is 86.0 cm³/mol. The molecule has 2 aromatic carbocycles. The molecule has 4 nitrogen and oxygen atoms in total. The summed E-state index contributed by atoms with van der Waals surface area (Å²) in [7, 11) is 0. The van der Waals surface area contributed by atoms with Crippen molar-refractivity contribution in [3.05, 3.63) is 62.1 Å². The predicted octanol–water partition coefficient (Wildman–Crippen LogP) is 1.90. The minimum absolute atomic E-state index is 0.0378. The van der Waals surface area contributed by atoms with Crippen LogP contribution in [0.4, 0.5) is 0 Å². The Morgan fingerprint density at radius 3 is 2.81 bits per heavy atom. The van der Waals surface area contributed by atoms with Gasteiger partial charge in [-0.05, 0) is 70.0 Å². The molecular formula is C16H14BrN3O. The van der Waals surface area contributed by atoms with Gasteiger partial charge < -0.3 is 10.8 Å². The van der Waals surface area contributed by atoms with E-state index in [1.807, 2.05) is 37.3 Å². The summed E-state index contributed by atoms with van der Waals surface area (Å²) in [6.45, 7) is 1.98. The maximum Gasteiger partial charge on any atom is 0.135 e. The molecule has 0 radical (unpaired) electrons. The molecule has 0 fully saturated rings. The summed E-state index contributed by atoms with van der Waals surface area (Å²) in [4.78, 5) is 4.62. The van der Waals surface area contributed by atoms with Crippen molar-refractivity contribution in [3.63, 3.8) is 0 Å². The fraction of sp³-hybridized carbons (Fsp3) is 0.125. The van der Waals surface area contributed by atoms with Crippen molar-refractivity contribution in [2.45, 2.75) is 13.0 Å². The molecule has 106 valence electrons. The van der Waals surface area contributed by atoms with Gasteiger partial charge in [-0.3, -0.25) is 10.4 Å². The Labute approximate surface area is 130 Å². The molecule has 2 aromatic rings. The lowest BCUT2D eigenvalue weighted by Crippen LogP contribution is -2.24. The van der Waals surface area contributed by atoms with E-state index < -0.39 is 0 Å². The Kier molecular flexibility index (Phi) is 3.29. The van der Waals surface area contributed by atoms with Crippen LogP contribution in [0.3, 0.4) is 0 Å². The number of phenols is 1. The van der Waals surface area contributed by atoms with E-state index in [0.717, 1.165) is 21.7 Å². The molecular weight excluding hydrogens is 330 g/mol. The first-order valence-corrected chi connectivity index (χ1v) is 7.28. The largest absolute Gasteiger partial charge is 0.506 e. The SMILES string of the molecule is Cc1cc(Br)c(O)c(C2C=c3cc(C(=N)N)ccc3=N2)c1. The lowest BCUT2D eigenvalue weighted by molar-refractivity contribution is 0.463. The van der Waals surface area contributed by atoms with Crippen molar-refractivity contribution < 1.29 is 5.11 Å². The zero-order valence-corrected chi connectivity index (χ0v) is 13.0. The summed E-state index contributed by atoms with van der Waals surface area (Å²) in [6, 6.07) is 9.07. The van der Waals surface area contributed by atoms with Crippen molar-refractivity contribution >= 4 is 27.8 Å². The number of nitrogen functional groups attached to an aromatic ring is 1. The Balaban J connectivity index is 2.13. The van der Waals surface area contributed by atoms with Gasteiger partial charge in [0.25, 0.3) is 0 Å². The van der Waals surface area contributed by atoms with E-state index in [-0.39, 0.29) is 17.6 Å². The Bertz CT molecular complexity index is 874. The molecule has 0 saturated heterocycles. The number of nitrogens with zero attached hydrogens (tertiary/aromatic N) is 1. The number of aromatic hydroxyl groups is 1. The van der Waals surface area contributed by atoms with E-state index in [1.54, 1.807) is 6.07 Å². The zero-order valence-electron chi connectivity index (χ0n) is 11.4. The smallest absolute Gasteiger partial charge is 0.135 e. The molecule has 1 atom stereocenters. The highest BCUT2D eigenvalue weighted by Gasteiger charge is 2.18. The third-order valence-electron chi connectivity index (χ3n) is 3.51. The highest BCUT2D eigenvalue weighted by atomic mass is 79.9. The van der Waals surface area contributed by atoms with Crippen LogP contribution in [0.25, 0.3) is 6.08 Å². The first-order chi connectivity index (χ1) is 9.95. The van der Waals surface area contributed by atoms with Crippen molar-refractivity contribution in [2.24, 2.45) is 10.7 Å². The number of aryl methyl sites for hydroxylation is 1. The first kappa shape index (κ1) is 13.8. The molecule has 0 aromatic heterocycles. The van der Waals surface area contributed by atoms with Gasteiger partial charge in [-0.15, -0.1) is 0 Å². The van der Waals surface area contributed by atoms with Crippen LogP contribution in [0.1, 0.15) is 22.7 Å². The monoisotopic (exact) mass is 343 g/mol. The van der Waals surface area contributed by atoms with E-state index in [4.69, 9.17) is 11.1 Å². The normalized spacial score (nSPS) is 16.0. The van der Waals surface area contributed by atoms with Gasteiger partial charge in [-0.25, -0.2) is 0 Å². The molecule has 21 heavy (non-hydrogen) atoms. The van der Waals surface area contributed by atoms with Crippen LogP contribution >= 0.6 is 15.9 Å². The lowest BCUT2D eigenvalue weighted by Gasteiger charge is -2.10. The summed E-state index contributed by atoms with van der Waals surface area (Å²) < 4.78 is 0.668. The molecule has 0 spiro atoms. The van der Waals surface area contributed by atoms with Gasteiger partial charge in [0, 0.05) is 11.1 Å². The molecule has 1 aliphatic rings. The quantitative estimate of drug-likeness (QED) is 0.574. The van der Waals surface area contributed by atoms with Crippen LogP contribution < -0.4 is 16.3 Å². The van der Waals surface area contributed by atoms with Crippen LogP contribution in [0.2, 0.25) is 0 Å². The van der Waals surface area contributed by atoms with Crippen LogP contribution in [-0.4, -0.2) is 10.9 Å². The number of nitrogens with two attached hydrogens (primary N) is 1. The van der Waals surface area contributed by atoms with Crippen LogP contribution in [-0.2, 0) is 0 Å². The standard InChI is InChI=1S/C16H14BrN3O/c1-8-4-11(15(21)12(17)5-8)14-7-10-6-9(16(18)19)2-3-13(10)20-14/h2-7,14,21H,1H3,(H3,18,19). The molecule has 3 rings (SSSR count). The van der Waals surface area contributed by atoms with Crippen molar-refractivity contribution in [2.75, 3.05) is 0 Å². The number of fused-ring (bicyclic) bond motifs is 1. The Morgan fingerprint density at radius 1 is 1.33 bits per heavy atom. The van der Waals surface area contributed by atoms with E-state index in [2.05, 4.69) is 20.9 Å². The highest BCUT2D eigenvalue weighted by Crippen LogP contribution is 2.35. The minimum Gasteiger partial charge on any atom is -0.506 e. The number of hydrogen-bond donors (Lipinski definition) is 3. The van der Waals surface area contributed by atoms with Crippen LogP contribution in [0.15, 0.2) is 39.8 Å². The van der Waals surface area contributed by atoms with E-state index >= 15 is 0 Å². The number of phenolic OH excluding ortho intramolecular Hbond substituents is 1. The summed E-state index contributed by atoms with van der Waals surface area (Å²) in [5.74, 6) is 0.251. The minimum atomic E-state index is -0.224. The zero-order chi connectivity index (χ0) is 15.1. The molecule has 1 heterocycles. The summed E-state index contributed by atoms with van der Waals surface area (Å²) in [5, 5.41) is 19.5. The van der Waals surface area contributed by atoms with Gasteiger partial charge in [0.2, 0.25) is 0 Å². The maximum atomic E-state index is 10.2. The van der Waals surface area contributed by atoms with Crippen LogP contribution in [0.5, 0.6) is 5.75 Å². The molecule has 0 amide bonds. The summed E-state index contributed by atoms with van der Waals surface area (Å²) >= 11 is 3.36. The Morgan fingerprint density at radius 2 is 2.10 bits per heavy atom. The average Bonchev–Trinajstić information content (AvgIpc) is 2.85. The van der Waals surface area contributed by atoms with Gasteiger partial charge in [-0.1, -0.05) is 0 Å². The topological polar surface area (TPSA) is 82.5 Å². The molecule has 4 N–H and O–H groups in total. The second-order valence-corrected chi connectivity index (χ2v) is 5.97. The number of nitrogens with one attached hydrogen (secondary N) is 1. The number of hydrogen-bond acceptors (Lipinski definition) is 3. The molecule has 0 saturated carbocycles. The van der Waals surface area contributed by atoms with E-state index in [0.29, 0.717) is 10.0 Å². The molecule has 5 heteroatoms. The molecule has 1 aliphatic heterocycles. The number of benzene rings is 2. The maximum absolute atomic E-state index is 10.2. The lowest BCUT2D eigenvalue weighted by atomic mass is 10.0. The van der Waals surface area contributed by atoms with Crippen LogP contribution in [0, 0.1) is 12.3 Å². The van der Waals surface area contributed by atoms with Gasteiger partial charge in [0.15, 0.2) is 0 Å². The third-order valence-corrected chi connectivity index (χ3v) is 4.11. The van der Waals surface area contributed by atoms with Gasteiger partial charge in [0.05, 0.1) is 15.9 Å². The van der Waals surface area contributed by atoms with Gasteiger partial charge in [0.1, 0.15) is 11.6 Å². The van der Waals surface area contributed by atoms with Crippen molar-refractivity contribution in [3.8, 4) is 5.75 Å². The van der Waals surface area contributed by atoms with E-state index in [1.165, 1.54) is 0 Å². The first-order valence-electron chi connectivity index (χ1n) is 6.49. The third kappa shape index (κ3) is 2.45. The molecule has 0 bridgehead atoms. The number of amidine groups is 1. The molecule has 1 unspecified atom stereocenters. The van der Waals surface area contributed by atoms with Gasteiger partial charge in [-0.2, -0.15) is 0 Å². The van der Waals surface area contributed by atoms with Crippen molar-refractivity contribution in [1.82, 2.24) is 0 Å². The average molecular weight is 344 g/mol. The fourth-order valence-corrected chi connectivity index (χ4v) is 3.07. The van der Waals surface area contributed by atoms with Gasteiger partial charge >= 0.3 is 0 Å². The van der Waals surface area contributed by atoms with Crippen molar-refractivity contribution in [1.29, 1.82) is 5.41 Å². The molecule has 0 aliphatic carbocycles. The fourth-order valence-electron chi connectivity index (χ4n) is 2.48. The number of rotatable bonds is 2. The Hall–Kier alpha value is -2.14. The highest BCUT2D eigenvalue weighted by molar-refractivity contribution is 9.10. The summed E-state index contributed by atoms with van der Waals surface area (Å²) in [6.07, 6.45) is 1.97. The summed E-state index contributed by atoms with van der Waals surface area (Å²) in [5.41, 5.74) is 8.01. The number of halogens is 1. The second kappa shape index (κ2) is 5.00. The van der Waals surface area contributed by atoms with E-state index in [9.17, 15) is 5.11 Å².